The normalized spacial score (nSPS) is 48.9. The lowest BCUT2D eigenvalue weighted by Crippen LogP contribution is -2.73. The molecule has 1 aliphatic heterocycles. The highest BCUT2D eigenvalue weighted by atomic mass is 32.2. The van der Waals surface area contributed by atoms with Crippen LogP contribution in [0.3, 0.4) is 0 Å². The molecule has 9 heteroatoms. The van der Waals surface area contributed by atoms with Crippen LogP contribution in [-0.2, 0) is 14.4 Å². The van der Waals surface area contributed by atoms with E-state index in [-0.39, 0.29) is 24.3 Å². The van der Waals surface area contributed by atoms with E-state index in [1.807, 2.05) is 13.8 Å². The van der Waals surface area contributed by atoms with Crippen molar-refractivity contribution < 1.29 is 32.7 Å². The molecule has 0 unspecified atom stereocenters. The van der Waals surface area contributed by atoms with E-state index in [9.17, 15) is 19.1 Å². The Labute approximate surface area is 221 Å². The van der Waals surface area contributed by atoms with Crippen molar-refractivity contribution in [2.75, 3.05) is 19.1 Å². The molecular formula is C28H38F3NO4S. The number of hydrogen-bond acceptors (Lipinski definition) is 6. The van der Waals surface area contributed by atoms with Gasteiger partial charge in [0, 0.05) is 35.8 Å². The molecule has 3 saturated carbocycles. The molecule has 4 aliphatic carbocycles. The standard InChI is InChI=1S/C28H38F3NO4S/c1-16(2)7-9-32-14-17-12-25(4)21-11-20(30)19-10-18(33)6-8-24(19,3)27(21,31)22(34)13-26(25,5)28(17,36-32)23(35)37-15-29/h6,8,10,16-17,20-22,34H,7,9,11-15H2,1-5H3/t17-,20-,21-,22-,24-,25-,26-,27-,28-/m0/s1. The van der Waals surface area contributed by atoms with Gasteiger partial charge >= 0.3 is 0 Å². The quantitative estimate of drug-likeness (QED) is 0.520. The van der Waals surface area contributed by atoms with Crippen LogP contribution in [0.5, 0.6) is 0 Å². The zero-order chi connectivity index (χ0) is 27.2. The lowest BCUT2D eigenvalue weighted by molar-refractivity contribution is -0.284. The summed E-state index contributed by atoms with van der Waals surface area (Å²) >= 11 is 0.559. The minimum absolute atomic E-state index is 0.0677. The van der Waals surface area contributed by atoms with E-state index < -0.39 is 62.6 Å². The Morgan fingerprint density at radius 3 is 2.65 bits per heavy atom. The van der Waals surface area contributed by atoms with Gasteiger partial charge in [0.25, 0.3) is 0 Å². The number of aliphatic hydroxyl groups is 1. The highest BCUT2D eigenvalue weighted by Crippen LogP contribution is 2.78. The molecule has 0 bridgehead atoms. The molecule has 37 heavy (non-hydrogen) atoms. The predicted octanol–water partition coefficient (Wildman–Crippen LogP) is 5.14. The first-order chi connectivity index (χ1) is 17.2. The fraction of sp³-hybridized carbons (Fsp3) is 0.786. The van der Waals surface area contributed by atoms with Gasteiger partial charge in [-0.05, 0) is 61.7 Å². The minimum Gasteiger partial charge on any atom is -0.390 e. The van der Waals surface area contributed by atoms with Gasteiger partial charge in [0.15, 0.2) is 17.1 Å². The summed E-state index contributed by atoms with van der Waals surface area (Å²) in [5.74, 6) is -1.26. The fourth-order valence-electron chi connectivity index (χ4n) is 8.81. The molecule has 0 aromatic rings. The van der Waals surface area contributed by atoms with Crippen LogP contribution in [0.2, 0.25) is 0 Å². The van der Waals surface area contributed by atoms with E-state index >= 15 is 8.78 Å². The molecule has 1 heterocycles. The number of ketones is 1. The van der Waals surface area contributed by atoms with Gasteiger partial charge in [-0.2, -0.15) is 5.06 Å². The third-order valence-electron chi connectivity index (χ3n) is 10.9. The van der Waals surface area contributed by atoms with Crippen LogP contribution in [0.1, 0.15) is 60.3 Å². The molecule has 0 aromatic heterocycles. The molecule has 5 aliphatic rings. The van der Waals surface area contributed by atoms with Gasteiger partial charge in [0.1, 0.15) is 12.2 Å². The van der Waals surface area contributed by atoms with Crippen molar-refractivity contribution >= 4 is 22.7 Å². The number of nitrogens with zero attached hydrogens (tertiary/aromatic N) is 1. The van der Waals surface area contributed by atoms with E-state index in [4.69, 9.17) is 4.84 Å². The fourth-order valence-corrected chi connectivity index (χ4v) is 9.56. The molecule has 0 amide bonds. The second-order valence-corrected chi connectivity index (χ2v) is 13.7. The lowest BCUT2D eigenvalue weighted by Gasteiger charge is -2.67. The predicted molar refractivity (Wildman–Crippen MR) is 136 cm³/mol. The number of fused-ring (bicyclic) bond motifs is 7. The Bertz CT molecular complexity index is 1070. The molecule has 5 rings (SSSR count). The van der Waals surface area contributed by atoms with Gasteiger partial charge in [-0.1, -0.05) is 45.5 Å². The first kappa shape index (κ1) is 27.4. The molecule has 1 saturated heterocycles. The number of aliphatic hydroxyl groups excluding tert-OH is 1. The number of halogens is 3. The Morgan fingerprint density at radius 2 is 2.00 bits per heavy atom. The van der Waals surface area contributed by atoms with E-state index in [1.54, 1.807) is 12.0 Å². The Hall–Kier alpha value is -1.16. The smallest absolute Gasteiger partial charge is 0.226 e. The number of hydroxylamine groups is 2. The SMILES string of the molecule is CC(C)CCN1C[C@@H]2C[C@@]3(C)[C@@H]4C[C@H](F)C5=CC(=O)C=C[C@]5(C)[C@@]4(F)[C@@H](O)C[C@]3(C)[C@]2(C(=O)SCF)O1. The molecule has 5 nitrogen and oxygen atoms in total. The topological polar surface area (TPSA) is 66.8 Å². The van der Waals surface area contributed by atoms with E-state index in [0.717, 1.165) is 6.42 Å². The molecule has 0 radical (unpaired) electrons. The minimum atomic E-state index is -2.25. The van der Waals surface area contributed by atoms with Gasteiger partial charge in [-0.15, -0.1) is 0 Å². The third-order valence-corrected chi connectivity index (χ3v) is 11.6. The zero-order valence-corrected chi connectivity index (χ0v) is 23.0. The summed E-state index contributed by atoms with van der Waals surface area (Å²) in [5.41, 5.74) is -7.12. The van der Waals surface area contributed by atoms with Crippen molar-refractivity contribution in [2.45, 2.75) is 83.8 Å². The maximum absolute atomic E-state index is 17.6. The summed E-state index contributed by atoms with van der Waals surface area (Å²) < 4.78 is 46.9. The van der Waals surface area contributed by atoms with Crippen LogP contribution in [0.15, 0.2) is 23.8 Å². The average Bonchev–Trinajstić information content (AvgIpc) is 3.27. The number of carbonyl (C=O) groups excluding carboxylic acids is 2. The average molecular weight is 542 g/mol. The van der Waals surface area contributed by atoms with Crippen LogP contribution in [0.25, 0.3) is 0 Å². The first-order valence-corrected chi connectivity index (χ1v) is 14.3. The van der Waals surface area contributed by atoms with Crippen molar-refractivity contribution in [3.63, 3.8) is 0 Å². The summed E-state index contributed by atoms with van der Waals surface area (Å²) in [5, 5.41) is 13.0. The number of rotatable bonds is 5. The number of allylic oxidation sites excluding steroid dienone is 4. The third kappa shape index (κ3) is 3.29. The molecule has 206 valence electrons. The monoisotopic (exact) mass is 541 g/mol. The van der Waals surface area contributed by atoms with Crippen molar-refractivity contribution in [1.29, 1.82) is 0 Å². The number of alkyl halides is 3. The van der Waals surface area contributed by atoms with Gasteiger partial charge < -0.3 is 5.11 Å². The summed E-state index contributed by atoms with van der Waals surface area (Å²) in [6, 6.07) is -0.911. The highest BCUT2D eigenvalue weighted by molar-refractivity contribution is 8.13. The maximum Gasteiger partial charge on any atom is 0.226 e. The van der Waals surface area contributed by atoms with Crippen molar-refractivity contribution in [3.8, 4) is 0 Å². The number of hydrogen-bond donors (Lipinski definition) is 1. The molecule has 4 fully saturated rings. The summed E-state index contributed by atoms with van der Waals surface area (Å²) in [4.78, 5) is 32.3. The summed E-state index contributed by atoms with van der Waals surface area (Å²) in [6.07, 6.45) is 1.70. The molecule has 1 N–H and O–H groups in total. The summed E-state index contributed by atoms with van der Waals surface area (Å²) in [6.45, 7) is 10.5. The molecule has 0 aromatic carbocycles. The van der Waals surface area contributed by atoms with Crippen LogP contribution in [-0.4, -0.2) is 63.7 Å². The van der Waals surface area contributed by atoms with E-state index in [0.29, 0.717) is 37.2 Å². The Kier molecular flexibility index (Phi) is 6.42. The largest absolute Gasteiger partial charge is 0.390 e. The van der Waals surface area contributed by atoms with Crippen LogP contribution in [0, 0.1) is 34.0 Å². The second kappa shape index (κ2) is 8.67. The van der Waals surface area contributed by atoms with Gasteiger partial charge in [0.05, 0.1) is 6.10 Å². The van der Waals surface area contributed by atoms with Crippen molar-refractivity contribution in [2.24, 2.45) is 34.0 Å². The van der Waals surface area contributed by atoms with Crippen LogP contribution >= 0.6 is 11.8 Å². The van der Waals surface area contributed by atoms with Crippen molar-refractivity contribution in [1.82, 2.24) is 5.06 Å². The molecule has 9 atom stereocenters. The van der Waals surface area contributed by atoms with Gasteiger partial charge in [-0.3, -0.25) is 14.4 Å². The first-order valence-electron chi connectivity index (χ1n) is 13.3. The lowest BCUT2D eigenvalue weighted by atomic mass is 9.40. The number of carbonyl (C=O) groups is 2. The van der Waals surface area contributed by atoms with Crippen LogP contribution in [0.4, 0.5) is 13.2 Å². The summed E-state index contributed by atoms with van der Waals surface area (Å²) in [7, 11) is 0. The second-order valence-electron chi connectivity index (χ2n) is 12.9. The van der Waals surface area contributed by atoms with E-state index in [1.165, 1.54) is 18.2 Å². The van der Waals surface area contributed by atoms with E-state index in [2.05, 4.69) is 13.8 Å². The maximum atomic E-state index is 17.6. The van der Waals surface area contributed by atoms with Gasteiger partial charge in [0.2, 0.25) is 5.12 Å². The molecule has 0 spiro atoms. The van der Waals surface area contributed by atoms with Crippen LogP contribution < -0.4 is 0 Å². The van der Waals surface area contributed by atoms with Gasteiger partial charge in [-0.25, -0.2) is 13.2 Å². The van der Waals surface area contributed by atoms with Crippen molar-refractivity contribution in [3.05, 3.63) is 23.8 Å². The Morgan fingerprint density at radius 1 is 1.30 bits per heavy atom. The number of thioether (sulfide) groups is 1. The zero-order valence-electron chi connectivity index (χ0n) is 22.2. The molecular weight excluding hydrogens is 503 g/mol. The highest BCUT2D eigenvalue weighted by Gasteiger charge is 2.83. The Balaban J connectivity index is 1.62.